The predicted molar refractivity (Wildman–Crippen MR) is 79.3 cm³/mol. The van der Waals surface area contributed by atoms with E-state index in [-0.39, 0.29) is 0 Å². The first-order chi connectivity index (χ1) is 8.16. The first kappa shape index (κ1) is 12.6. The van der Waals surface area contributed by atoms with Crippen LogP contribution in [0.3, 0.4) is 0 Å². The maximum atomic E-state index is 3.66. The van der Waals surface area contributed by atoms with E-state index in [1.807, 2.05) is 0 Å². The summed E-state index contributed by atoms with van der Waals surface area (Å²) in [7, 11) is 4.14. The van der Waals surface area contributed by atoms with E-state index in [0.717, 1.165) is 5.25 Å². The van der Waals surface area contributed by atoms with Gasteiger partial charge < -0.3 is 10.2 Å². The van der Waals surface area contributed by atoms with Gasteiger partial charge in [-0.2, -0.15) is 11.8 Å². The van der Waals surface area contributed by atoms with E-state index in [4.69, 9.17) is 0 Å². The highest BCUT2D eigenvalue weighted by atomic mass is 32.2. The molecule has 17 heavy (non-hydrogen) atoms. The van der Waals surface area contributed by atoms with Crippen LogP contribution in [0.4, 0.5) is 11.4 Å². The maximum absolute atomic E-state index is 3.66. The molecule has 1 aromatic carbocycles. The highest BCUT2D eigenvalue weighted by Gasteiger charge is 2.21. The number of hydrogen-bond donors (Lipinski definition) is 1. The van der Waals surface area contributed by atoms with E-state index in [1.54, 1.807) is 0 Å². The van der Waals surface area contributed by atoms with Gasteiger partial charge in [0.15, 0.2) is 0 Å². The van der Waals surface area contributed by atoms with Crippen LogP contribution in [0.25, 0.3) is 0 Å². The van der Waals surface area contributed by atoms with Crippen molar-refractivity contribution in [3.63, 3.8) is 0 Å². The lowest BCUT2D eigenvalue weighted by molar-refractivity contribution is 0.617. The molecule has 1 heterocycles. The number of hydrogen-bond acceptors (Lipinski definition) is 3. The summed E-state index contributed by atoms with van der Waals surface area (Å²) in [5, 5.41) is 4.38. The van der Waals surface area contributed by atoms with Crippen molar-refractivity contribution in [2.75, 3.05) is 30.1 Å². The molecule has 3 heteroatoms. The monoisotopic (exact) mass is 250 g/mol. The second kappa shape index (κ2) is 5.67. The van der Waals surface area contributed by atoms with Crippen molar-refractivity contribution in [1.29, 1.82) is 0 Å². The van der Waals surface area contributed by atoms with Crippen LogP contribution >= 0.6 is 11.8 Å². The lowest BCUT2D eigenvalue weighted by Gasteiger charge is -2.30. The van der Waals surface area contributed by atoms with Crippen molar-refractivity contribution >= 4 is 23.1 Å². The third kappa shape index (κ3) is 3.32. The lowest BCUT2D eigenvalue weighted by atomic mass is 10.1. The highest BCUT2D eigenvalue weighted by molar-refractivity contribution is 8.00. The van der Waals surface area contributed by atoms with Gasteiger partial charge >= 0.3 is 0 Å². The third-order valence-corrected chi connectivity index (χ3v) is 4.72. The fourth-order valence-electron chi connectivity index (χ4n) is 2.18. The van der Waals surface area contributed by atoms with Crippen LogP contribution in [0.5, 0.6) is 0 Å². The molecule has 0 aromatic heterocycles. The summed E-state index contributed by atoms with van der Waals surface area (Å²) in [6, 6.07) is 9.33. The van der Waals surface area contributed by atoms with E-state index < -0.39 is 0 Å². The van der Waals surface area contributed by atoms with Crippen LogP contribution < -0.4 is 10.2 Å². The molecular formula is C14H22N2S. The Balaban J connectivity index is 1.98. The number of benzene rings is 1. The first-order valence-corrected chi connectivity index (χ1v) is 7.37. The van der Waals surface area contributed by atoms with Crippen LogP contribution in [0, 0.1) is 0 Å². The zero-order valence-electron chi connectivity index (χ0n) is 10.9. The van der Waals surface area contributed by atoms with Gasteiger partial charge in [-0.3, -0.25) is 0 Å². The summed E-state index contributed by atoms with van der Waals surface area (Å²) < 4.78 is 0. The van der Waals surface area contributed by atoms with Crippen LogP contribution in [-0.2, 0) is 0 Å². The van der Waals surface area contributed by atoms with E-state index in [1.165, 1.54) is 30.0 Å². The van der Waals surface area contributed by atoms with Crippen molar-refractivity contribution in [2.45, 2.75) is 31.1 Å². The van der Waals surface area contributed by atoms with E-state index >= 15 is 0 Å². The fraction of sp³-hybridized carbons (Fsp3) is 0.571. The van der Waals surface area contributed by atoms with Crippen molar-refractivity contribution in [3.05, 3.63) is 24.3 Å². The molecule has 1 aliphatic rings. The number of rotatable bonds is 3. The van der Waals surface area contributed by atoms with Gasteiger partial charge in [-0.1, -0.05) is 6.92 Å². The Labute approximate surface area is 109 Å². The van der Waals surface area contributed by atoms with Crippen LogP contribution in [-0.4, -0.2) is 31.1 Å². The summed E-state index contributed by atoms with van der Waals surface area (Å²) >= 11 is 2.08. The zero-order chi connectivity index (χ0) is 12.3. The third-order valence-electron chi connectivity index (χ3n) is 3.34. The van der Waals surface area contributed by atoms with Crippen LogP contribution in [0.15, 0.2) is 24.3 Å². The maximum Gasteiger partial charge on any atom is 0.0377 e. The van der Waals surface area contributed by atoms with Crippen molar-refractivity contribution in [2.24, 2.45) is 0 Å². The minimum Gasteiger partial charge on any atom is -0.381 e. The van der Waals surface area contributed by atoms with Crippen molar-refractivity contribution in [3.8, 4) is 0 Å². The number of nitrogens with one attached hydrogen (secondary N) is 1. The molecule has 0 saturated carbocycles. The predicted octanol–water partition coefficient (Wildman–Crippen LogP) is 3.45. The number of thioether (sulfide) groups is 1. The Morgan fingerprint density at radius 3 is 2.53 bits per heavy atom. The Morgan fingerprint density at radius 1 is 1.24 bits per heavy atom. The summed E-state index contributed by atoms with van der Waals surface area (Å²) in [4.78, 5) is 2.13. The molecule has 1 fully saturated rings. The summed E-state index contributed by atoms with van der Waals surface area (Å²) in [6.45, 7) is 2.33. The summed E-state index contributed by atoms with van der Waals surface area (Å²) in [5.74, 6) is 1.32. The second-order valence-corrected chi connectivity index (χ2v) is 6.40. The fourth-order valence-corrected chi connectivity index (χ4v) is 3.32. The lowest BCUT2D eigenvalue weighted by Crippen LogP contribution is -2.32. The van der Waals surface area contributed by atoms with Gasteiger partial charge in [0, 0.05) is 36.8 Å². The largest absolute Gasteiger partial charge is 0.381 e. The molecule has 2 rings (SSSR count). The Bertz CT molecular complexity index is 348. The molecule has 2 nitrogen and oxygen atoms in total. The molecule has 1 N–H and O–H groups in total. The molecular weight excluding hydrogens is 228 g/mol. The number of nitrogens with zero attached hydrogens (tertiary/aromatic N) is 1. The molecule has 0 radical (unpaired) electrons. The quantitative estimate of drug-likeness (QED) is 0.884. The van der Waals surface area contributed by atoms with E-state index in [0.29, 0.717) is 6.04 Å². The normalized spacial score (nSPS) is 24.4. The molecule has 0 bridgehead atoms. The zero-order valence-corrected chi connectivity index (χ0v) is 11.8. The smallest absolute Gasteiger partial charge is 0.0377 e. The first-order valence-electron chi connectivity index (χ1n) is 6.32. The van der Waals surface area contributed by atoms with Gasteiger partial charge in [0.05, 0.1) is 0 Å². The number of anilines is 2. The van der Waals surface area contributed by atoms with Crippen LogP contribution in [0.1, 0.15) is 19.8 Å². The van der Waals surface area contributed by atoms with Gasteiger partial charge in [0.2, 0.25) is 0 Å². The molecule has 1 saturated heterocycles. The molecule has 0 aliphatic carbocycles. The molecule has 94 valence electrons. The highest BCUT2D eigenvalue weighted by Crippen LogP contribution is 2.28. The average Bonchev–Trinajstić information content (AvgIpc) is 2.33. The molecule has 1 aromatic rings. The Morgan fingerprint density at radius 2 is 1.94 bits per heavy atom. The van der Waals surface area contributed by atoms with E-state index in [2.05, 4.69) is 67.3 Å². The molecule has 2 unspecified atom stereocenters. The summed E-state index contributed by atoms with van der Waals surface area (Å²) in [5.41, 5.74) is 2.50. The SMILES string of the molecule is CC1SCCCC1Nc1ccc(N(C)C)cc1. The Kier molecular flexibility index (Phi) is 4.21. The Hall–Kier alpha value is -0.830. The topological polar surface area (TPSA) is 15.3 Å². The van der Waals surface area contributed by atoms with Gasteiger partial charge in [-0.05, 0) is 42.9 Å². The molecule has 0 spiro atoms. The van der Waals surface area contributed by atoms with Gasteiger partial charge in [-0.15, -0.1) is 0 Å². The van der Waals surface area contributed by atoms with Gasteiger partial charge in [0.1, 0.15) is 0 Å². The second-order valence-electron chi connectivity index (χ2n) is 4.91. The average molecular weight is 250 g/mol. The van der Waals surface area contributed by atoms with Crippen molar-refractivity contribution < 1.29 is 0 Å². The molecule has 1 aliphatic heterocycles. The van der Waals surface area contributed by atoms with Gasteiger partial charge in [-0.25, -0.2) is 0 Å². The minimum atomic E-state index is 0.624. The summed E-state index contributed by atoms with van der Waals surface area (Å²) in [6.07, 6.45) is 2.63. The van der Waals surface area contributed by atoms with E-state index in [9.17, 15) is 0 Å². The standard InChI is InChI=1S/C14H22N2S/c1-11-14(5-4-10-17-11)15-12-6-8-13(9-7-12)16(2)3/h6-9,11,14-15H,4-5,10H2,1-3H3. The minimum absolute atomic E-state index is 0.624. The van der Waals surface area contributed by atoms with Gasteiger partial charge in [0.25, 0.3) is 0 Å². The molecule has 0 amide bonds. The van der Waals surface area contributed by atoms with Crippen LogP contribution in [0.2, 0.25) is 0 Å². The van der Waals surface area contributed by atoms with Crippen molar-refractivity contribution in [1.82, 2.24) is 0 Å². The molecule has 2 atom stereocenters.